The third kappa shape index (κ3) is 3.23. The molecule has 1 fully saturated rings. The van der Waals surface area contributed by atoms with Crippen molar-refractivity contribution in [2.45, 2.75) is 44.9 Å². The fraction of sp³-hybridized carbons (Fsp3) is 0.385. The fourth-order valence-corrected chi connectivity index (χ4v) is 5.59. The van der Waals surface area contributed by atoms with Gasteiger partial charge in [-0.2, -0.15) is 5.10 Å². The van der Waals surface area contributed by atoms with E-state index >= 15 is 4.39 Å². The first-order chi connectivity index (χ1) is 16.1. The Morgan fingerprint density at radius 3 is 2.59 bits per heavy atom. The molecule has 34 heavy (non-hydrogen) atoms. The van der Waals surface area contributed by atoms with Crippen molar-refractivity contribution in [3.05, 3.63) is 59.4 Å². The molecule has 4 aromatic rings. The summed E-state index contributed by atoms with van der Waals surface area (Å²) in [5.74, 6) is -1.77. The van der Waals surface area contributed by atoms with Gasteiger partial charge in [-0.05, 0) is 61.6 Å². The van der Waals surface area contributed by atoms with Crippen LogP contribution in [0, 0.1) is 17.0 Å². The van der Waals surface area contributed by atoms with Gasteiger partial charge in [0.1, 0.15) is 11.3 Å². The number of carboxylic acid groups (broad SMARTS) is 1. The van der Waals surface area contributed by atoms with Gasteiger partial charge in [0.15, 0.2) is 5.82 Å². The number of H-pyrrole nitrogens is 1. The topological polar surface area (TPSA) is 80.1 Å². The summed E-state index contributed by atoms with van der Waals surface area (Å²) in [7, 11) is 1.62. The van der Waals surface area contributed by atoms with E-state index in [4.69, 9.17) is 4.74 Å². The van der Waals surface area contributed by atoms with Gasteiger partial charge in [0.2, 0.25) is 0 Å². The van der Waals surface area contributed by atoms with Crippen LogP contribution in [0.2, 0.25) is 0 Å². The first kappa shape index (κ1) is 22.5. The predicted molar refractivity (Wildman–Crippen MR) is 125 cm³/mol. The van der Waals surface area contributed by atoms with Crippen LogP contribution in [0.1, 0.15) is 50.8 Å². The van der Waals surface area contributed by atoms with Gasteiger partial charge in [-0.1, -0.05) is 13.8 Å². The van der Waals surface area contributed by atoms with E-state index in [0.717, 1.165) is 11.3 Å². The van der Waals surface area contributed by atoms with Gasteiger partial charge in [-0.3, -0.25) is 9.89 Å². The first-order valence-electron chi connectivity index (χ1n) is 11.3. The SMILES string of the molecule is COCC(C)(C)c1c([C@H]2C[C@](C)(C(=O)O)C2)c2c(F)c3[nH]ncc3cc2n1-c1ccc(F)cc1. The molecular formula is C26H27F2N3O3. The van der Waals surface area contributed by atoms with Crippen molar-refractivity contribution >= 4 is 27.8 Å². The van der Waals surface area contributed by atoms with Gasteiger partial charge >= 0.3 is 5.97 Å². The lowest BCUT2D eigenvalue weighted by Gasteiger charge is -2.43. The lowest BCUT2D eigenvalue weighted by Crippen LogP contribution is -2.41. The molecule has 5 rings (SSSR count). The Hall–Kier alpha value is -3.26. The number of nitrogens with zero attached hydrogens (tertiary/aromatic N) is 2. The number of rotatable bonds is 6. The average Bonchev–Trinajstić information content (AvgIpc) is 3.35. The maximum atomic E-state index is 16.1. The molecule has 0 bridgehead atoms. The molecule has 0 unspecified atom stereocenters. The number of aliphatic carboxylic acids is 1. The van der Waals surface area contributed by atoms with Crippen LogP contribution in [0.25, 0.3) is 27.5 Å². The van der Waals surface area contributed by atoms with Crippen LogP contribution in [0.5, 0.6) is 0 Å². The zero-order chi connectivity index (χ0) is 24.4. The molecule has 0 atom stereocenters. The van der Waals surface area contributed by atoms with E-state index in [1.54, 1.807) is 32.4 Å². The Morgan fingerprint density at radius 1 is 1.29 bits per heavy atom. The molecule has 1 aliphatic carbocycles. The number of aromatic nitrogens is 3. The van der Waals surface area contributed by atoms with Gasteiger partial charge < -0.3 is 14.4 Å². The van der Waals surface area contributed by atoms with Crippen LogP contribution in [-0.2, 0) is 14.9 Å². The van der Waals surface area contributed by atoms with Crippen molar-refractivity contribution < 1.29 is 23.4 Å². The summed E-state index contributed by atoms with van der Waals surface area (Å²) in [6.45, 7) is 6.14. The number of methoxy groups -OCH3 is 1. The van der Waals surface area contributed by atoms with E-state index in [0.29, 0.717) is 46.9 Å². The number of carboxylic acids is 1. The number of halogens is 2. The standard InChI is InChI=1S/C26H27F2N3O3/c1-25(2,13-34-4)23-19(15-10-26(3,11-15)24(32)33)20-18(9-14-12-29-30-22(14)21(20)28)31(23)17-7-5-16(27)6-8-17/h5-9,12,15H,10-11,13H2,1-4H3,(H,29,30)(H,32,33)/t15-,26-. The highest BCUT2D eigenvalue weighted by Gasteiger charge is 2.50. The van der Waals surface area contributed by atoms with Crippen LogP contribution in [0.4, 0.5) is 8.78 Å². The van der Waals surface area contributed by atoms with Gasteiger partial charge in [0, 0.05) is 34.7 Å². The van der Waals surface area contributed by atoms with Gasteiger partial charge in [-0.25, -0.2) is 8.78 Å². The van der Waals surface area contributed by atoms with E-state index in [2.05, 4.69) is 10.2 Å². The third-order valence-corrected chi connectivity index (χ3v) is 7.19. The van der Waals surface area contributed by atoms with Crippen LogP contribution in [0.15, 0.2) is 36.5 Å². The van der Waals surface area contributed by atoms with Crippen LogP contribution < -0.4 is 0 Å². The van der Waals surface area contributed by atoms with E-state index in [1.807, 2.05) is 24.5 Å². The highest BCUT2D eigenvalue weighted by Crippen LogP contribution is 2.56. The summed E-state index contributed by atoms with van der Waals surface area (Å²) in [4.78, 5) is 11.8. The molecular weight excluding hydrogens is 440 g/mol. The summed E-state index contributed by atoms with van der Waals surface area (Å²) in [6.07, 6.45) is 2.38. The molecule has 0 radical (unpaired) electrons. The van der Waals surface area contributed by atoms with Gasteiger partial charge in [0.05, 0.1) is 23.7 Å². The minimum Gasteiger partial charge on any atom is -0.481 e. The summed E-state index contributed by atoms with van der Waals surface area (Å²) >= 11 is 0. The van der Waals surface area contributed by atoms with Crippen LogP contribution in [-0.4, -0.2) is 39.6 Å². The highest BCUT2D eigenvalue weighted by molar-refractivity contribution is 6.00. The number of aromatic amines is 1. The van der Waals surface area contributed by atoms with Crippen molar-refractivity contribution in [1.29, 1.82) is 0 Å². The minimum absolute atomic E-state index is 0.147. The number of fused-ring (bicyclic) bond motifs is 2. The molecule has 1 aliphatic rings. The van der Waals surface area contributed by atoms with Crippen LogP contribution in [0.3, 0.4) is 0 Å². The monoisotopic (exact) mass is 467 g/mol. The molecule has 0 amide bonds. The van der Waals surface area contributed by atoms with Crippen molar-refractivity contribution in [2.24, 2.45) is 5.41 Å². The first-order valence-corrected chi connectivity index (χ1v) is 11.3. The lowest BCUT2D eigenvalue weighted by molar-refractivity contribution is -0.154. The van der Waals surface area contributed by atoms with Gasteiger partial charge in [0.25, 0.3) is 0 Å². The molecule has 0 saturated heterocycles. The lowest BCUT2D eigenvalue weighted by atomic mass is 9.60. The van der Waals surface area contributed by atoms with Crippen molar-refractivity contribution in [2.75, 3.05) is 13.7 Å². The normalized spacial score (nSPS) is 20.7. The number of carbonyl (C=O) groups is 1. The summed E-state index contributed by atoms with van der Waals surface area (Å²) in [5.41, 5.74) is 1.86. The Kier molecular flexibility index (Phi) is 5.06. The fourth-order valence-electron chi connectivity index (χ4n) is 5.59. The maximum absolute atomic E-state index is 16.1. The predicted octanol–water partition coefficient (Wildman–Crippen LogP) is 5.68. The summed E-state index contributed by atoms with van der Waals surface area (Å²) < 4.78 is 37.4. The number of hydrogen-bond donors (Lipinski definition) is 2. The maximum Gasteiger partial charge on any atom is 0.309 e. The second kappa shape index (κ2) is 7.63. The van der Waals surface area contributed by atoms with Crippen molar-refractivity contribution in [3.63, 3.8) is 0 Å². The molecule has 8 heteroatoms. The Bertz CT molecular complexity index is 1410. The second-order valence-corrected chi connectivity index (χ2v) is 10.3. The molecule has 2 aromatic carbocycles. The highest BCUT2D eigenvalue weighted by atomic mass is 19.1. The minimum atomic E-state index is -0.855. The molecule has 6 nitrogen and oxygen atoms in total. The molecule has 2 aromatic heterocycles. The zero-order valence-corrected chi connectivity index (χ0v) is 19.6. The number of hydrogen-bond acceptors (Lipinski definition) is 3. The van der Waals surface area contributed by atoms with E-state index in [1.165, 1.54) is 12.1 Å². The second-order valence-electron chi connectivity index (χ2n) is 10.3. The molecule has 2 heterocycles. The summed E-state index contributed by atoms with van der Waals surface area (Å²) in [5, 5.41) is 17.5. The molecule has 2 N–H and O–H groups in total. The third-order valence-electron chi connectivity index (χ3n) is 7.19. The Labute approximate surface area is 195 Å². The largest absolute Gasteiger partial charge is 0.481 e. The molecule has 178 valence electrons. The smallest absolute Gasteiger partial charge is 0.309 e. The van der Waals surface area contributed by atoms with E-state index < -0.39 is 22.6 Å². The van der Waals surface area contributed by atoms with Crippen molar-refractivity contribution in [3.8, 4) is 5.69 Å². The molecule has 0 spiro atoms. The zero-order valence-electron chi connectivity index (χ0n) is 19.6. The van der Waals surface area contributed by atoms with Crippen LogP contribution >= 0.6 is 0 Å². The quantitative estimate of drug-likeness (QED) is 0.383. The van der Waals surface area contributed by atoms with Crippen molar-refractivity contribution in [1.82, 2.24) is 14.8 Å². The number of benzene rings is 2. The van der Waals surface area contributed by atoms with E-state index in [9.17, 15) is 14.3 Å². The molecule has 0 aliphatic heterocycles. The number of ether oxygens (including phenoxy) is 1. The van der Waals surface area contributed by atoms with E-state index in [-0.39, 0.29) is 11.7 Å². The average molecular weight is 468 g/mol. The molecule has 1 saturated carbocycles. The Balaban J connectivity index is 1.89. The Morgan fingerprint density at radius 2 is 1.97 bits per heavy atom. The summed E-state index contributed by atoms with van der Waals surface area (Å²) in [6, 6.07) is 7.98. The van der Waals surface area contributed by atoms with Gasteiger partial charge in [-0.15, -0.1) is 0 Å². The number of nitrogens with one attached hydrogen (secondary N) is 1.